The summed E-state index contributed by atoms with van der Waals surface area (Å²) in [5, 5.41) is 3.11. The summed E-state index contributed by atoms with van der Waals surface area (Å²) in [6.45, 7) is 5.94. The Balaban J connectivity index is 3.04. The minimum atomic E-state index is -0.597. The van der Waals surface area contributed by atoms with Gasteiger partial charge in [0.15, 0.2) is 0 Å². The summed E-state index contributed by atoms with van der Waals surface area (Å²) in [4.78, 5) is 11.9. The Hall–Kier alpha value is -0.940. The van der Waals surface area contributed by atoms with E-state index >= 15 is 0 Å². The summed E-state index contributed by atoms with van der Waals surface area (Å²) < 4.78 is 18.6. The van der Waals surface area contributed by atoms with Gasteiger partial charge in [-0.05, 0) is 38.5 Å². The summed E-state index contributed by atoms with van der Waals surface area (Å²) >= 11 is 3.27. The summed E-state index contributed by atoms with van der Waals surface area (Å²) in [6, 6.07) is 3.75. The molecule has 0 saturated carbocycles. The maximum atomic E-state index is 13.1. The number of esters is 1. The zero-order valence-corrected chi connectivity index (χ0v) is 12.3. The lowest BCUT2D eigenvalue weighted by Crippen LogP contribution is -2.35. The minimum Gasteiger partial charge on any atom is -0.465 e. The van der Waals surface area contributed by atoms with Crippen LogP contribution in [0.4, 0.5) is 4.39 Å². The Morgan fingerprint density at radius 2 is 2.17 bits per heavy atom. The van der Waals surface area contributed by atoms with Crippen LogP contribution in [0.15, 0.2) is 22.7 Å². The normalized spacial score (nSPS) is 12.6. The van der Waals surface area contributed by atoms with Crippen LogP contribution in [-0.2, 0) is 9.53 Å². The molecule has 0 fully saturated rings. The lowest BCUT2D eigenvalue weighted by atomic mass is 10.1. The predicted octanol–water partition coefficient (Wildman–Crippen LogP) is 3.19. The van der Waals surface area contributed by atoms with Gasteiger partial charge in [0, 0.05) is 10.5 Å². The average Bonchev–Trinajstić information content (AvgIpc) is 2.26. The molecule has 5 heteroatoms. The van der Waals surface area contributed by atoms with Crippen LogP contribution in [0.1, 0.15) is 32.4 Å². The van der Waals surface area contributed by atoms with Crippen LogP contribution in [0, 0.1) is 5.82 Å². The van der Waals surface area contributed by atoms with Gasteiger partial charge in [-0.15, -0.1) is 0 Å². The summed E-state index contributed by atoms with van der Waals surface area (Å²) in [6.07, 6.45) is 0. The Morgan fingerprint density at radius 1 is 1.50 bits per heavy atom. The van der Waals surface area contributed by atoms with Gasteiger partial charge in [-0.25, -0.2) is 9.18 Å². The van der Waals surface area contributed by atoms with Gasteiger partial charge in [0.1, 0.15) is 11.9 Å². The maximum Gasteiger partial charge on any atom is 0.327 e. The summed E-state index contributed by atoms with van der Waals surface area (Å²) in [5.74, 6) is -0.712. The molecule has 3 nitrogen and oxygen atoms in total. The number of hydrogen-bond donors (Lipinski definition) is 1. The number of carbonyl (C=O) groups is 1. The van der Waals surface area contributed by atoms with Crippen molar-refractivity contribution in [3.8, 4) is 0 Å². The first-order chi connectivity index (χ1) is 8.45. The van der Waals surface area contributed by atoms with Crippen molar-refractivity contribution in [1.82, 2.24) is 5.32 Å². The van der Waals surface area contributed by atoms with E-state index in [1.807, 2.05) is 13.8 Å². The fraction of sp³-hybridized carbons (Fsp3) is 0.462. The first kappa shape index (κ1) is 15.1. The molecule has 0 radical (unpaired) electrons. The molecule has 100 valence electrons. The molecule has 0 aliphatic carbocycles. The highest BCUT2D eigenvalue weighted by molar-refractivity contribution is 9.10. The smallest absolute Gasteiger partial charge is 0.327 e. The minimum absolute atomic E-state index is 0.108. The van der Waals surface area contributed by atoms with Crippen LogP contribution in [0.3, 0.4) is 0 Å². The number of rotatable bonds is 5. The van der Waals surface area contributed by atoms with Gasteiger partial charge in [0.2, 0.25) is 0 Å². The molecule has 1 aromatic rings. The third kappa shape index (κ3) is 4.07. The van der Waals surface area contributed by atoms with E-state index in [0.29, 0.717) is 16.6 Å². The van der Waals surface area contributed by atoms with Crippen LogP contribution in [0.25, 0.3) is 0 Å². The topological polar surface area (TPSA) is 38.3 Å². The number of nitrogens with one attached hydrogen (secondary N) is 1. The SMILES string of the molecule is CCOC(=O)C(NC(C)C)c1ccc(F)cc1Br. The highest BCUT2D eigenvalue weighted by Gasteiger charge is 2.24. The van der Waals surface area contributed by atoms with E-state index in [1.165, 1.54) is 12.1 Å². The highest BCUT2D eigenvalue weighted by atomic mass is 79.9. The second kappa shape index (κ2) is 6.85. The van der Waals surface area contributed by atoms with Gasteiger partial charge in [0.05, 0.1) is 6.61 Å². The average molecular weight is 318 g/mol. The zero-order valence-electron chi connectivity index (χ0n) is 10.7. The third-order valence-electron chi connectivity index (χ3n) is 2.30. The van der Waals surface area contributed by atoms with Crippen molar-refractivity contribution in [2.24, 2.45) is 0 Å². The summed E-state index contributed by atoms with van der Waals surface area (Å²) in [5.41, 5.74) is 0.670. The van der Waals surface area contributed by atoms with E-state index in [1.54, 1.807) is 13.0 Å². The van der Waals surface area contributed by atoms with Gasteiger partial charge in [-0.2, -0.15) is 0 Å². The van der Waals surface area contributed by atoms with Gasteiger partial charge >= 0.3 is 5.97 Å². The Bertz CT molecular complexity index is 423. The molecule has 0 amide bonds. The second-order valence-electron chi connectivity index (χ2n) is 4.17. The fourth-order valence-electron chi connectivity index (χ4n) is 1.58. The molecule has 1 N–H and O–H groups in total. The van der Waals surface area contributed by atoms with E-state index in [-0.39, 0.29) is 17.8 Å². The molecule has 0 aliphatic heterocycles. The van der Waals surface area contributed by atoms with Crippen LogP contribution in [-0.4, -0.2) is 18.6 Å². The van der Waals surface area contributed by atoms with Gasteiger partial charge in [0.25, 0.3) is 0 Å². The molecule has 0 heterocycles. The number of benzene rings is 1. The summed E-state index contributed by atoms with van der Waals surface area (Å²) in [7, 11) is 0. The van der Waals surface area contributed by atoms with E-state index in [4.69, 9.17) is 4.74 Å². The monoisotopic (exact) mass is 317 g/mol. The lowest BCUT2D eigenvalue weighted by Gasteiger charge is -2.21. The van der Waals surface area contributed by atoms with Crippen LogP contribution in [0.2, 0.25) is 0 Å². The molecule has 0 bridgehead atoms. The first-order valence-corrected chi connectivity index (χ1v) is 6.62. The predicted molar refractivity (Wildman–Crippen MR) is 71.7 cm³/mol. The Kier molecular flexibility index (Phi) is 5.75. The van der Waals surface area contributed by atoms with Gasteiger partial charge in [-0.3, -0.25) is 5.32 Å². The largest absolute Gasteiger partial charge is 0.465 e. The number of carbonyl (C=O) groups excluding carboxylic acids is 1. The van der Waals surface area contributed by atoms with E-state index in [9.17, 15) is 9.18 Å². The van der Waals surface area contributed by atoms with Crippen LogP contribution >= 0.6 is 15.9 Å². The molecule has 0 aliphatic rings. The van der Waals surface area contributed by atoms with Crippen molar-refractivity contribution < 1.29 is 13.9 Å². The van der Waals surface area contributed by atoms with E-state index < -0.39 is 6.04 Å². The first-order valence-electron chi connectivity index (χ1n) is 5.83. The molecular weight excluding hydrogens is 301 g/mol. The van der Waals surface area contributed by atoms with Crippen LogP contribution in [0.5, 0.6) is 0 Å². The van der Waals surface area contributed by atoms with Crippen molar-refractivity contribution in [2.75, 3.05) is 6.61 Å². The number of ether oxygens (including phenoxy) is 1. The number of halogens is 2. The molecule has 1 unspecified atom stereocenters. The molecular formula is C13H17BrFNO2. The van der Waals surface area contributed by atoms with Gasteiger partial charge in [-0.1, -0.05) is 22.0 Å². The van der Waals surface area contributed by atoms with Crippen molar-refractivity contribution in [3.63, 3.8) is 0 Å². The van der Waals surface area contributed by atoms with Crippen molar-refractivity contribution in [2.45, 2.75) is 32.9 Å². The standard InChI is InChI=1S/C13H17BrFNO2/c1-4-18-13(17)12(16-8(2)3)10-6-5-9(15)7-11(10)14/h5-8,12,16H,4H2,1-3H3. The van der Waals surface area contributed by atoms with Gasteiger partial charge < -0.3 is 4.74 Å². The van der Waals surface area contributed by atoms with Crippen molar-refractivity contribution in [3.05, 3.63) is 34.1 Å². The second-order valence-corrected chi connectivity index (χ2v) is 5.03. The van der Waals surface area contributed by atoms with E-state index in [0.717, 1.165) is 0 Å². The molecule has 1 atom stereocenters. The van der Waals surface area contributed by atoms with E-state index in [2.05, 4.69) is 21.2 Å². The molecule has 1 aromatic carbocycles. The fourth-order valence-corrected chi connectivity index (χ4v) is 2.16. The molecule has 18 heavy (non-hydrogen) atoms. The van der Waals surface area contributed by atoms with Crippen molar-refractivity contribution >= 4 is 21.9 Å². The highest BCUT2D eigenvalue weighted by Crippen LogP contribution is 2.25. The molecule has 1 rings (SSSR count). The molecule has 0 saturated heterocycles. The van der Waals surface area contributed by atoms with Crippen molar-refractivity contribution in [1.29, 1.82) is 0 Å². The Morgan fingerprint density at radius 3 is 2.67 bits per heavy atom. The quantitative estimate of drug-likeness (QED) is 0.848. The van der Waals surface area contributed by atoms with Crippen LogP contribution < -0.4 is 5.32 Å². The molecule has 0 aromatic heterocycles. The third-order valence-corrected chi connectivity index (χ3v) is 2.98. The maximum absolute atomic E-state index is 13.1. The molecule has 0 spiro atoms. The Labute approximate surface area is 115 Å². The lowest BCUT2D eigenvalue weighted by molar-refractivity contribution is -0.146. The zero-order chi connectivity index (χ0) is 13.7. The number of hydrogen-bond acceptors (Lipinski definition) is 3.